The zero-order valence-corrected chi connectivity index (χ0v) is 15.5. The first-order chi connectivity index (χ1) is 12.6. The van der Waals surface area contributed by atoms with Crippen molar-refractivity contribution in [1.29, 1.82) is 0 Å². The van der Waals surface area contributed by atoms with E-state index in [4.69, 9.17) is 0 Å². The summed E-state index contributed by atoms with van der Waals surface area (Å²) < 4.78 is 0.975. The summed E-state index contributed by atoms with van der Waals surface area (Å²) in [4.78, 5) is 24.4. The first kappa shape index (κ1) is 17.9. The number of amides is 2. The summed E-state index contributed by atoms with van der Waals surface area (Å²) in [6.45, 7) is 0. The number of nitrogens with one attached hydrogen (secondary N) is 2. The molecule has 0 aliphatic heterocycles. The minimum Gasteiger partial charge on any atom is -0.326 e. The van der Waals surface area contributed by atoms with Crippen LogP contribution in [0.3, 0.4) is 0 Å². The molecule has 0 heterocycles. The van der Waals surface area contributed by atoms with Crippen LogP contribution in [0.2, 0.25) is 0 Å². The number of halogens is 1. The molecule has 3 aromatic rings. The maximum Gasteiger partial charge on any atom is 0.255 e. The Morgan fingerprint density at radius 1 is 0.769 bits per heavy atom. The summed E-state index contributed by atoms with van der Waals surface area (Å²) in [6, 6.07) is 23.7. The Balaban J connectivity index is 1.62. The molecule has 0 aromatic heterocycles. The van der Waals surface area contributed by atoms with Crippen LogP contribution in [0, 0.1) is 0 Å². The number of anilines is 2. The van der Waals surface area contributed by atoms with E-state index in [0.717, 1.165) is 10.0 Å². The van der Waals surface area contributed by atoms with Crippen molar-refractivity contribution in [2.45, 2.75) is 6.42 Å². The van der Waals surface area contributed by atoms with Crippen molar-refractivity contribution in [3.63, 3.8) is 0 Å². The molecule has 26 heavy (non-hydrogen) atoms. The Hall–Kier alpha value is -2.92. The lowest BCUT2D eigenvalue weighted by Gasteiger charge is -2.09. The van der Waals surface area contributed by atoms with E-state index >= 15 is 0 Å². The minimum atomic E-state index is -0.191. The number of benzene rings is 3. The molecular weight excluding hydrogens is 392 g/mol. The van der Waals surface area contributed by atoms with Crippen molar-refractivity contribution >= 4 is 39.1 Å². The van der Waals surface area contributed by atoms with Crippen molar-refractivity contribution in [1.82, 2.24) is 0 Å². The summed E-state index contributed by atoms with van der Waals surface area (Å²) >= 11 is 3.37. The number of carbonyl (C=O) groups is 2. The lowest BCUT2D eigenvalue weighted by atomic mass is 10.1. The number of carbonyl (C=O) groups excluding carboxylic acids is 2. The van der Waals surface area contributed by atoms with Crippen LogP contribution in [0.1, 0.15) is 15.9 Å². The molecule has 2 amide bonds. The van der Waals surface area contributed by atoms with Gasteiger partial charge in [-0.05, 0) is 48.0 Å². The van der Waals surface area contributed by atoms with Gasteiger partial charge in [0.25, 0.3) is 5.91 Å². The van der Waals surface area contributed by atoms with E-state index < -0.39 is 0 Å². The number of hydrogen-bond donors (Lipinski definition) is 2. The monoisotopic (exact) mass is 408 g/mol. The van der Waals surface area contributed by atoms with Gasteiger partial charge < -0.3 is 10.6 Å². The van der Waals surface area contributed by atoms with Gasteiger partial charge in [0.2, 0.25) is 5.91 Å². The van der Waals surface area contributed by atoms with Crippen LogP contribution in [-0.2, 0) is 11.2 Å². The molecule has 0 bridgehead atoms. The summed E-state index contributed by atoms with van der Waals surface area (Å²) in [7, 11) is 0. The predicted molar refractivity (Wildman–Crippen MR) is 107 cm³/mol. The van der Waals surface area contributed by atoms with E-state index in [-0.39, 0.29) is 18.2 Å². The quantitative estimate of drug-likeness (QED) is 0.631. The second kappa shape index (κ2) is 8.45. The average molecular weight is 409 g/mol. The fraction of sp³-hybridized carbons (Fsp3) is 0.0476. The molecular formula is C21H17BrN2O2. The maximum atomic E-state index is 12.2. The van der Waals surface area contributed by atoms with Crippen LogP contribution in [0.25, 0.3) is 0 Å². The smallest absolute Gasteiger partial charge is 0.255 e. The first-order valence-corrected chi connectivity index (χ1v) is 8.90. The molecule has 0 saturated heterocycles. The molecule has 3 aromatic carbocycles. The van der Waals surface area contributed by atoms with Crippen LogP contribution < -0.4 is 10.6 Å². The second-order valence-corrected chi connectivity index (χ2v) is 6.67. The zero-order chi connectivity index (χ0) is 18.4. The molecule has 5 heteroatoms. The Bertz CT molecular complexity index is 909. The van der Waals surface area contributed by atoms with Crippen LogP contribution in [-0.4, -0.2) is 11.8 Å². The zero-order valence-electron chi connectivity index (χ0n) is 13.9. The third-order valence-electron chi connectivity index (χ3n) is 3.72. The van der Waals surface area contributed by atoms with E-state index in [1.165, 1.54) is 0 Å². The molecule has 0 radical (unpaired) electrons. The van der Waals surface area contributed by atoms with E-state index in [2.05, 4.69) is 26.6 Å². The Labute approximate surface area is 160 Å². The predicted octanol–water partition coefficient (Wildman–Crippen LogP) is 4.88. The van der Waals surface area contributed by atoms with Gasteiger partial charge in [-0.25, -0.2) is 0 Å². The van der Waals surface area contributed by atoms with Gasteiger partial charge in [0.15, 0.2) is 0 Å². The van der Waals surface area contributed by atoms with Crippen LogP contribution >= 0.6 is 15.9 Å². The molecule has 0 aliphatic rings. The average Bonchev–Trinajstić information content (AvgIpc) is 2.64. The molecule has 0 fully saturated rings. The molecule has 130 valence electrons. The molecule has 2 N–H and O–H groups in total. The van der Waals surface area contributed by atoms with Crippen molar-refractivity contribution in [2.24, 2.45) is 0 Å². The first-order valence-electron chi connectivity index (χ1n) is 8.11. The highest BCUT2D eigenvalue weighted by Gasteiger charge is 2.07. The highest BCUT2D eigenvalue weighted by atomic mass is 79.9. The van der Waals surface area contributed by atoms with Gasteiger partial charge in [0, 0.05) is 21.4 Å². The van der Waals surface area contributed by atoms with Gasteiger partial charge in [-0.15, -0.1) is 0 Å². The Morgan fingerprint density at radius 2 is 1.42 bits per heavy atom. The molecule has 0 atom stereocenters. The highest BCUT2D eigenvalue weighted by molar-refractivity contribution is 9.10. The fourth-order valence-corrected chi connectivity index (χ4v) is 2.72. The largest absolute Gasteiger partial charge is 0.326 e. The van der Waals surface area contributed by atoms with Crippen molar-refractivity contribution in [3.8, 4) is 0 Å². The Kier molecular flexibility index (Phi) is 5.81. The van der Waals surface area contributed by atoms with Gasteiger partial charge >= 0.3 is 0 Å². The number of rotatable bonds is 5. The lowest BCUT2D eigenvalue weighted by molar-refractivity contribution is -0.115. The lowest BCUT2D eigenvalue weighted by Crippen LogP contribution is -2.15. The number of hydrogen-bond acceptors (Lipinski definition) is 2. The summed E-state index contributed by atoms with van der Waals surface area (Å²) in [5.41, 5.74) is 2.77. The normalized spacial score (nSPS) is 10.2. The van der Waals surface area contributed by atoms with Gasteiger partial charge in [-0.1, -0.05) is 52.3 Å². The van der Waals surface area contributed by atoms with Crippen molar-refractivity contribution in [2.75, 3.05) is 10.6 Å². The van der Waals surface area contributed by atoms with E-state index in [1.807, 2.05) is 42.5 Å². The Morgan fingerprint density at radius 3 is 2.12 bits per heavy atom. The molecule has 0 saturated carbocycles. The van der Waals surface area contributed by atoms with Gasteiger partial charge in [0.05, 0.1) is 6.42 Å². The molecule has 0 aliphatic carbocycles. The van der Waals surface area contributed by atoms with E-state index in [9.17, 15) is 9.59 Å². The second-order valence-electron chi connectivity index (χ2n) is 5.75. The summed E-state index contributed by atoms with van der Waals surface area (Å²) in [6.07, 6.45) is 0.286. The van der Waals surface area contributed by atoms with Crippen molar-refractivity contribution in [3.05, 3.63) is 94.5 Å². The van der Waals surface area contributed by atoms with E-state index in [0.29, 0.717) is 16.9 Å². The molecule has 0 spiro atoms. The standard InChI is InChI=1S/C21H17BrN2O2/c22-17-11-9-15(10-12-17)13-20(25)23-18-7-4-8-19(14-18)24-21(26)16-5-2-1-3-6-16/h1-12,14H,13H2,(H,23,25)(H,24,26). The highest BCUT2D eigenvalue weighted by Crippen LogP contribution is 2.17. The van der Waals surface area contributed by atoms with Crippen LogP contribution in [0.4, 0.5) is 11.4 Å². The van der Waals surface area contributed by atoms with Crippen LogP contribution in [0.15, 0.2) is 83.3 Å². The third kappa shape index (κ3) is 5.04. The minimum absolute atomic E-state index is 0.112. The molecule has 0 unspecified atom stereocenters. The maximum absolute atomic E-state index is 12.2. The van der Waals surface area contributed by atoms with E-state index in [1.54, 1.807) is 36.4 Å². The summed E-state index contributed by atoms with van der Waals surface area (Å²) in [5.74, 6) is -0.303. The summed E-state index contributed by atoms with van der Waals surface area (Å²) in [5, 5.41) is 5.69. The fourth-order valence-electron chi connectivity index (χ4n) is 2.46. The van der Waals surface area contributed by atoms with Gasteiger partial charge in [-0.3, -0.25) is 9.59 Å². The topological polar surface area (TPSA) is 58.2 Å². The SMILES string of the molecule is O=C(Cc1ccc(Br)cc1)Nc1cccc(NC(=O)c2ccccc2)c1. The molecule has 4 nitrogen and oxygen atoms in total. The van der Waals surface area contributed by atoms with Crippen molar-refractivity contribution < 1.29 is 9.59 Å². The molecule has 3 rings (SSSR count). The van der Waals surface area contributed by atoms with Gasteiger partial charge in [0.1, 0.15) is 0 Å². The third-order valence-corrected chi connectivity index (χ3v) is 4.25. The van der Waals surface area contributed by atoms with Crippen LogP contribution in [0.5, 0.6) is 0 Å². The van der Waals surface area contributed by atoms with Gasteiger partial charge in [-0.2, -0.15) is 0 Å².